The number of aromatic nitrogens is 1. The fraction of sp³-hybridized carbons (Fsp3) is 0.136. The molecule has 0 unspecified atom stereocenters. The smallest absolute Gasteiger partial charge is 0.336 e. The van der Waals surface area contributed by atoms with Crippen LogP contribution in [0.15, 0.2) is 69.2 Å². The Balaban J connectivity index is 1.53. The van der Waals surface area contributed by atoms with Crippen molar-refractivity contribution >= 4 is 39.0 Å². The number of thiazole rings is 1. The number of ether oxygens (including phenoxy) is 1. The number of aryl methyl sites for hydroxylation is 1. The molecule has 0 aliphatic heterocycles. The molecular weight excluding hydrogens is 388 g/mol. The molecule has 1 amide bonds. The van der Waals surface area contributed by atoms with E-state index in [4.69, 9.17) is 9.15 Å². The van der Waals surface area contributed by atoms with Gasteiger partial charge in [0.25, 0.3) is 0 Å². The molecule has 2 aromatic heterocycles. The van der Waals surface area contributed by atoms with Gasteiger partial charge in [0.15, 0.2) is 5.13 Å². The van der Waals surface area contributed by atoms with Gasteiger partial charge in [-0.05, 0) is 42.8 Å². The Hall–Kier alpha value is -3.45. The van der Waals surface area contributed by atoms with Crippen molar-refractivity contribution in [3.05, 3.63) is 81.7 Å². The lowest BCUT2D eigenvalue weighted by Gasteiger charge is -2.18. The minimum Gasteiger partial charge on any atom is -0.487 e. The Kier molecular flexibility index (Phi) is 5.14. The van der Waals surface area contributed by atoms with Gasteiger partial charge in [-0.1, -0.05) is 12.1 Å². The largest absolute Gasteiger partial charge is 0.487 e. The molecule has 2 aromatic carbocycles. The number of hydrogen-bond acceptors (Lipinski definition) is 6. The molecule has 0 aliphatic carbocycles. The Bertz CT molecular complexity index is 1240. The SMILES string of the molecule is CC(=O)N(c1cccc(C)c1)c1nc(COc2ccc3ccc(=O)oc3c2)cs1. The summed E-state index contributed by atoms with van der Waals surface area (Å²) in [6.45, 7) is 3.73. The third kappa shape index (κ3) is 4.20. The lowest BCUT2D eigenvalue weighted by molar-refractivity contribution is -0.115. The molecule has 0 saturated heterocycles. The molecular formula is C22H18N2O4S. The molecule has 0 spiro atoms. The van der Waals surface area contributed by atoms with Gasteiger partial charge >= 0.3 is 5.63 Å². The van der Waals surface area contributed by atoms with Gasteiger partial charge in [0.1, 0.15) is 17.9 Å². The van der Waals surface area contributed by atoms with Crippen LogP contribution in [0.5, 0.6) is 5.75 Å². The highest BCUT2D eigenvalue weighted by atomic mass is 32.1. The van der Waals surface area contributed by atoms with Gasteiger partial charge in [-0.2, -0.15) is 0 Å². The summed E-state index contributed by atoms with van der Waals surface area (Å²) in [7, 11) is 0. The summed E-state index contributed by atoms with van der Waals surface area (Å²) in [4.78, 5) is 29.8. The molecule has 2 heterocycles. The van der Waals surface area contributed by atoms with Crippen LogP contribution in [-0.4, -0.2) is 10.9 Å². The zero-order valence-electron chi connectivity index (χ0n) is 15.9. The van der Waals surface area contributed by atoms with E-state index in [1.165, 1.54) is 24.3 Å². The van der Waals surface area contributed by atoms with Crippen LogP contribution in [0.2, 0.25) is 0 Å². The van der Waals surface area contributed by atoms with Crippen LogP contribution in [-0.2, 0) is 11.4 Å². The van der Waals surface area contributed by atoms with E-state index in [1.807, 2.05) is 48.7 Å². The monoisotopic (exact) mass is 406 g/mol. The quantitative estimate of drug-likeness (QED) is 0.444. The van der Waals surface area contributed by atoms with Crippen molar-refractivity contribution in [3.8, 4) is 5.75 Å². The van der Waals surface area contributed by atoms with Crippen molar-refractivity contribution in [2.45, 2.75) is 20.5 Å². The first-order chi connectivity index (χ1) is 14.0. The second kappa shape index (κ2) is 7.89. The zero-order valence-corrected chi connectivity index (χ0v) is 16.7. The van der Waals surface area contributed by atoms with Crippen molar-refractivity contribution in [2.75, 3.05) is 4.90 Å². The molecule has 6 nitrogen and oxygen atoms in total. The van der Waals surface area contributed by atoms with Crippen LogP contribution in [0.25, 0.3) is 11.0 Å². The van der Waals surface area contributed by atoms with Gasteiger partial charge in [0.05, 0.1) is 11.4 Å². The number of hydrogen-bond donors (Lipinski definition) is 0. The molecule has 0 atom stereocenters. The highest BCUT2D eigenvalue weighted by Crippen LogP contribution is 2.30. The summed E-state index contributed by atoms with van der Waals surface area (Å²) in [5.74, 6) is 0.463. The molecule has 0 aliphatic rings. The summed E-state index contributed by atoms with van der Waals surface area (Å²) in [5, 5.41) is 3.27. The lowest BCUT2D eigenvalue weighted by atomic mass is 10.2. The molecule has 0 N–H and O–H groups in total. The Labute approximate surface area is 171 Å². The maximum absolute atomic E-state index is 12.2. The summed E-state index contributed by atoms with van der Waals surface area (Å²) < 4.78 is 11.0. The van der Waals surface area contributed by atoms with Crippen LogP contribution in [0.1, 0.15) is 18.2 Å². The number of amides is 1. The number of benzene rings is 2. The van der Waals surface area contributed by atoms with E-state index in [2.05, 4.69) is 4.98 Å². The van der Waals surface area contributed by atoms with Crippen LogP contribution in [0.4, 0.5) is 10.8 Å². The fourth-order valence-corrected chi connectivity index (χ4v) is 3.82. The minimum atomic E-state index is -0.403. The molecule has 4 aromatic rings. The average Bonchev–Trinajstić information content (AvgIpc) is 3.14. The zero-order chi connectivity index (χ0) is 20.4. The summed E-state index contributed by atoms with van der Waals surface area (Å²) >= 11 is 1.38. The van der Waals surface area contributed by atoms with E-state index >= 15 is 0 Å². The first-order valence-corrected chi connectivity index (χ1v) is 9.86. The third-order valence-corrected chi connectivity index (χ3v) is 5.16. The predicted molar refractivity (Wildman–Crippen MR) is 113 cm³/mol. The van der Waals surface area contributed by atoms with E-state index < -0.39 is 5.63 Å². The average molecular weight is 406 g/mol. The van der Waals surface area contributed by atoms with E-state index in [0.29, 0.717) is 22.2 Å². The first-order valence-electron chi connectivity index (χ1n) is 8.98. The Morgan fingerprint density at radius 3 is 2.79 bits per heavy atom. The Morgan fingerprint density at radius 1 is 1.17 bits per heavy atom. The van der Waals surface area contributed by atoms with E-state index in [-0.39, 0.29) is 12.5 Å². The van der Waals surface area contributed by atoms with Crippen molar-refractivity contribution in [1.29, 1.82) is 0 Å². The first kappa shape index (κ1) is 18.9. The summed E-state index contributed by atoms with van der Waals surface area (Å²) in [6, 6.07) is 16.1. The molecule has 0 bridgehead atoms. The van der Waals surface area contributed by atoms with Crippen LogP contribution in [0, 0.1) is 6.92 Å². The molecule has 7 heteroatoms. The van der Waals surface area contributed by atoms with Crippen molar-refractivity contribution in [1.82, 2.24) is 4.98 Å². The van der Waals surface area contributed by atoms with Gasteiger partial charge in [0, 0.05) is 29.8 Å². The number of nitrogens with zero attached hydrogens (tertiary/aromatic N) is 2. The van der Waals surface area contributed by atoms with E-state index in [0.717, 1.165) is 16.6 Å². The van der Waals surface area contributed by atoms with Gasteiger partial charge < -0.3 is 9.15 Å². The Morgan fingerprint density at radius 2 is 2.00 bits per heavy atom. The van der Waals surface area contributed by atoms with Crippen molar-refractivity contribution < 1.29 is 13.9 Å². The van der Waals surface area contributed by atoms with E-state index in [1.54, 1.807) is 17.0 Å². The topological polar surface area (TPSA) is 72.6 Å². The second-order valence-corrected chi connectivity index (χ2v) is 7.39. The standard InChI is InChI=1S/C22H18N2O4S/c1-14-4-3-5-18(10-14)24(15(2)25)22-23-17(13-29-22)12-27-19-8-6-16-7-9-21(26)28-20(16)11-19/h3-11,13H,12H2,1-2H3. The number of fused-ring (bicyclic) bond motifs is 1. The van der Waals surface area contributed by atoms with Crippen LogP contribution < -0.4 is 15.3 Å². The number of anilines is 2. The fourth-order valence-electron chi connectivity index (χ4n) is 2.95. The highest BCUT2D eigenvalue weighted by molar-refractivity contribution is 7.14. The van der Waals surface area contributed by atoms with Gasteiger partial charge in [0.2, 0.25) is 5.91 Å². The van der Waals surface area contributed by atoms with Crippen molar-refractivity contribution in [3.63, 3.8) is 0 Å². The van der Waals surface area contributed by atoms with Gasteiger partial charge in [-0.3, -0.25) is 9.69 Å². The van der Waals surface area contributed by atoms with Crippen LogP contribution >= 0.6 is 11.3 Å². The lowest BCUT2D eigenvalue weighted by Crippen LogP contribution is -2.22. The van der Waals surface area contributed by atoms with E-state index in [9.17, 15) is 9.59 Å². The normalized spacial score (nSPS) is 10.8. The molecule has 4 rings (SSSR count). The highest BCUT2D eigenvalue weighted by Gasteiger charge is 2.18. The summed E-state index contributed by atoms with van der Waals surface area (Å²) in [5.41, 5.74) is 2.62. The molecule has 0 radical (unpaired) electrons. The minimum absolute atomic E-state index is 0.109. The number of rotatable bonds is 5. The molecule has 146 valence electrons. The number of carbonyl (C=O) groups excluding carboxylic acids is 1. The number of carbonyl (C=O) groups is 1. The molecule has 0 saturated carbocycles. The van der Waals surface area contributed by atoms with Gasteiger partial charge in [-0.25, -0.2) is 9.78 Å². The van der Waals surface area contributed by atoms with Crippen LogP contribution in [0.3, 0.4) is 0 Å². The molecule has 29 heavy (non-hydrogen) atoms. The molecule has 0 fully saturated rings. The maximum Gasteiger partial charge on any atom is 0.336 e. The predicted octanol–water partition coefficient (Wildman–Crippen LogP) is 4.82. The summed E-state index contributed by atoms with van der Waals surface area (Å²) in [6.07, 6.45) is 0. The van der Waals surface area contributed by atoms with Gasteiger partial charge in [-0.15, -0.1) is 11.3 Å². The van der Waals surface area contributed by atoms with Crippen molar-refractivity contribution in [2.24, 2.45) is 0 Å². The third-order valence-electron chi connectivity index (χ3n) is 4.29. The maximum atomic E-state index is 12.2. The second-order valence-electron chi connectivity index (χ2n) is 6.56.